The number of nitrogens with zero attached hydrogens (tertiary/aromatic N) is 2. The SMILES string of the molecule is NCC1(C(=O)N2CCN(C(=O)c3ccc(Cl)cc3)CC2)CCOCC1. The van der Waals surface area contributed by atoms with Crippen LogP contribution in [0.25, 0.3) is 0 Å². The van der Waals surface area contributed by atoms with Gasteiger partial charge in [-0.1, -0.05) is 11.6 Å². The normalized spacial score (nSPS) is 20.4. The minimum Gasteiger partial charge on any atom is -0.381 e. The number of nitrogens with two attached hydrogens (primary N) is 1. The van der Waals surface area contributed by atoms with Gasteiger partial charge in [0.1, 0.15) is 0 Å². The van der Waals surface area contributed by atoms with Gasteiger partial charge in [-0.15, -0.1) is 0 Å². The number of hydrogen-bond acceptors (Lipinski definition) is 4. The predicted octanol–water partition coefficient (Wildman–Crippen LogP) is 1.38. The first-order chi connectivity index (χ1) is 12.1. The number of hydrogen-bond donors (Lipinski definition) is 1. The van der Waals surface area contributed by atoms with Crippen LogP contribution in [0.15, 0.2) is 24.3 Å². The lowest BCUT2D eigenvalue weighted by Crippen LogP contribution is -2.57. The van der Waals surface area contributed by atoms with Crippen LogP contribution in [-0.4, -0.2) is 67.6 Å². The van der Waals surface area contributed by atoms with Crippen molar-refractivity contribution in [1.82, 2.24) is 9.80 Å². The van der Waals surface area contributed by atoms with Crippen LogP contribution in [0.5, 0.6) is 0 Å². The summed E-state index contributed by atoms with van der Waals surface area (Å²) in [4.78, 5) is 29.1. The molecule has 6 nitrogen and oxygen atoms in total. The second-order valence-electron chi connectivity index (χ2n) is 6.69. The Labute approximate surface area is 152 Å². The van der Waals surface area contributed by atoms with Gasteiger partial charge in [-0.2, -0.15) is 0 Å². The summed E-state index contributed by atoms with van der Waals surface area (Å²) in [6, 6.07) is 6.89. The second kappa shape index (κ2) is 7.72. The summed E-state index contributed by atoms with van der Waals surface area (Å²) in [5.41, 5.74) is 6.05. The third-order valence-corrected chi connectivity index (χ3v) is 5.49. The van der Waals surface area contributed by atoms with Crippen molar-refractivity contribution in [3.63, 3.8) is 0 Å². The molecule has 0 saturated carbocycles. The number of rotatable bonds is 3. The molecule has 0 aliphatic carbocycles. The molecule has 0 unspecified atom stereocenters. The van der Waals surface area contributed by atoms with Crippen molar-refractivity contribution in [3.05, 3.63) is 34.9 Å². The standard InChI is InChI=1S/C18H24ClN3O3/c19-15-3-1-14(2-4-15)16(23)21-7-9-22(10-8-21)17(24)18(13-20)5-11-25-12-6-18/h1-4H,5-13,20H2. The Morgan fingerprint density at radius 1 is 1.04 bits per heavy atom. The fourth-order valence-electron chi connectivity index (χ4n) is 3.49. The summed E-state index contributed by atoms with van der Waals surface area (Å²) in [5.74, 6) is 0.0836. The number of ether oxygens (including phenoxy) is 1. The smallest absolute Gasteiger partial charge is 0.253 e. The molecule has 2 heterocycles. The van der Waals surface area contributed by atoms with Gasteiger partial charge in [0.15, 0.2) is 0 Å². The van der Waals surface area contributed by atoms with Gasteiger partial charge in [0.2, 0.25) is 5.91 Å². The largest absolute Gasteiger partial charge is 0.381 e. The lowest BCUT2D eigenvalue weighted by molar-refractivity contribution is -0.148. The van der Waals surface area contributed by atoms with E-state index >= 15 is 0 Å². The van der Waals surface area contributed by atoms with Crippen LogP contribution >= 0.6 is 11.6 Å². The van der Waals surface area contributed by atoms with Gasteiger partial charge < -0.3 is 20.3 Å². The van der Waals surface area contributed by atoms with Crippen LogP contribution in [0.2, 0.25) is 5.02 Å². The van der Waals surface area contributed by atoms with Gasteiger partial charge >= 0.3 is 0 Å². The average molecular weight is 366 g/mol. The third kappa shape index (κ3) is 3.81. The molecule has 136 valence electrons. The van der Waals surface area contributed by atoms with Gasteiger partial charge in [-0.3, -0.25) is 9.59 Å². The van der Waals surface area contributed by atoms with E-state index in [-0.39, 0.29) is 11.8 Å². The first-order valence-corrected chi connectivity index (χ1v) is 9.05. The van der Waals surface area contributed by atoms with Gasteiger partial charge in [-0.05, 0) is 37.1 Å². The lowest BCUT2D eigenvalue weighted by Gasteiger charge is -2.42. The molecule has 0 radical (unpaired) electrons. The van der Waals surface area contributed by atoms with Gasteiger partial charge in [0.05, 0.1) is 5.41 Å². The van der Waals surface area contributed by atoms with Crippen molar-refractivity contribution in [2.45, 2.75) is 12.8 Å². The highest BCUT2D eigenvalue weighted by atomic mass is 35.5. The van der Waals surface area contributed by atoms with Gasteiger partial charge in [0.25, 0.3) is 5.91 Å². The van der Waals surface area contributed by atoms with E-state index < -0.39 is 5.41 Å². The first kappa shape index (κ1) is 18.2. The van der Waals surface area contributed by atoms with Crippen molar-refractivity contribution >= 4 is 23.4 Å². The quantitative estimate of drug-likeness (QED) is 0.878. The molecule has 2 saturated heterocycles. The van der Waals surface area contributed by atoms with E-state index in [2.05, 4.69) is 0 Å². The summed E-state index contributed by atoms with van der Waals surface area (Å²) in [7, 11) is 0. The van der Waals surface area contributed by atoms with Crippen LogP contribution in [0.4, 0.5) is 0 Å². The second-order valence-corrected chi connectivity index (χ2v) is 7.12. The van der Waals surface area contributed by atoms with Crippen molar-refractivity contribution in [2.75, 3.05) is 45.9 Å². The van der Waals surface area contributed by atoms with Crippen LogP contribution in [0, 0.1) is 5.41 Å². The number of carbonyl (C=O) groups is 2. The first-order valence-electron chi connectivity index (χ1n) is 8.68. The Hall–Kier alpha value is -1.63. The summed E-state index contributed by atoms with van der Waals surface area (Å²) < 4.78 is 5.38. The third-order valence-electron chi connectivity index (χ3n) is 5.24. The molecule has 2 fully saturated rings. The molecule has 0 spiro atoms. The molecule has 1 aromatic carbocycles. The van der Waals surface area contributed by atoms with Crippen molar-refractivity contribution < 1.29 is 14.3 Å². The van der Waals surface area contributed by atoms with Gasteiger partial charge in [-0.25, -0.2) is 0 Å². The Morgan fingerprint density at radius 2 is 1.60 bits per heavy atom. The molecule has 2 aliphatic heterocycles. The fraction of sp³-hybridized carbons (Fsp3) is 0.556. The van der Waals surface area contributed by atoms with Crippen LogP contribution in [0.3, 0.4) is 0 Å². The zero-order chi connectivity index (χ0) is 17.9. The molecule has 0 bridgehead atoms. The average Bonchev–Trinajstić information content (AvgIpc) is 2.68. The number of amides is 2. The van der Waals surface area contributed by atoms with E-state index in [0.29, 0.717) is 69.4 Å². The molecule has 2 aliphatic rings. The Kier molecular flexibility index (Phi) is 5.61. The van der Waals surface area contributed by atoms with Crippen LogP contribution in [-0.2, 0) is 9.53 Å². The van der Waals surface area contributed by atoms with Crippen LogP contribution in [0.1, 0.15) is 23.2 Å². The maximum atomic E-state index is 13.0. The van der Waals surface area contributed by atoms with E-state index in [1.807, 2.05) is 4.90 Å². The maximum Gasteiger partial charge on any atom is 0.253 e. The molecule has 0 atom stereocenters. The van der Waals surface area contributed by atoms with Crippen LogP contribution < -0.4 is 5.73 Å². The molecule has 2 amide bonds. The number of benzene rings is 1. The number of piperazine rings is 1. The fourth-order valence-corrected chi connectivity index (χ4v) is 3.62. The molecule has 7 heteroatoms. The molecule has 0 aromatic heterocycles. The molecule has 3 rings (SSSR count). The number of carbonyl (C=O) groups excluding carboxylic acids is 2. The highest BCUT2D eigenvalue weighted by molar-refractivity contribution is 6.30. The Morgan fingerprint density at radius 3 is 2.16 bits per heavy atom. The summed E-state index contributed by atoms with van der Waals surface area (Å²) in [6.45, 7) is 3.66. The van der Waals surface area contributed by atoms with Crippen molar-refractivity contribution in [3.8, 4) is 0 Å². The van der Waals surface area contributed by atoms with Crippen molar-refractivity contribution in [2.24, 2.45) is 11.1 Å². The van der Waals surface area contributed by atoms with E-state index in [0.717, 1.165) is 0 Å². The molecular weight excluding hydrogens is 342 g/mol. The monoisotopic (exact) mass is 365 g/mol. The summed E-state index contributed by atoms with van der Waals surface area (Å²) in [5, 5.41) is 0.607. The lowest BCUT2D eigenvalue weighted by atomic mass is 9.78. The summed E-state index contributed by atoms with van der Waals surface area (Å²) >= 11 is 5.87. The number of halogens is 1. The van der Waals surface area contributed by atoms with E-state index in [9.17, 15) is 9.59 Å². The Bertz CT molecular complexity index is 621. The molecule has 1 aromatic rings. The molecular formula is C18H24ClN3O3. The molecule has 2 N–H and O–H groups in total. The topological polar surface area (TPSA) is 75.9 Å². The van der Waals surface area contributed by atoms with E-state index in [4.69, 9.17) is 22.1 Å². The minimum atomic E-state index is -0.499. The predicted molar refractivity (Wildman–Crippen MR) is 95.5 cm³/mol. The molecule has 25 heavy (non-hydrogen) atoms. The highest BCUT2D eigenvalue weighted by Gasteiger charge is 2.42. The highest BCUT2D eigenvalue weighted by Crippen LogP contribution is 2.32. The minimum absolute atomic E-state index is 0.0247. The van der Waals surface area contributed by atoms with E-state index in [1.54, 1.807) is 29.2 Å². The van der Waals surface area contributed by atoms with Gasteiger partial charge in [0, 0.05) is 56.5 Å². The zero-order valence-electron chi connectivity index (χ0n) is 14.2. The maximum absolute atomic E-state index is 13.0. The zero-order valence-corrected chi connectivity index (χ0v) is 15.0. The summed E-state index contributed by atoms with van der Waals surface area (Å²) in [6.07, 6.45) is 1.35. The Balaban J connectivity index is 1.60. The van der Waals surface area contributed by atoms with E-state index in [1.165, 1.54) is 0 Å². The van der Waals surface area contributed by atoms with Crippen molar-refractivity contribution in [1.29, 1.82) is 0 Å².